The van der Waals surface area contributed by atoms with Crippen molar-refractivity contribution >= 4 is 11.6 Å². The molecule has 0 atom stereocenters. The summed E-state index contributed by atoms with van der Waals surface area (Å²) >= 11 is 0. The molecule has 1 fully saturated rings. The van der Waals surface area contributed by atoms with Crippen LogP contribution in [0.3, 0.4) is 0 Å². The van der Waals surface area contributed by atoms with Gasteiger partial charge in [0.25, 0.3) is 0 Å². The van der Waals surface area contributed by atoms with Crippen molar-refractivity contribution in [1.82, 2.24) is 0 Å². The molecule has 1 N–H and O–H groups in total. The van der Waals surface area contributed by atoms with E-state index >= 15 is 0 Å². The molecule has 2 rings (SSSR count). The van der Waals surface area contributed by atoms with E-state index in [1.165, 1.54) is 0 Å². The molecular formula is C15H15N3O. The number of carbonyl (C=O) groups is 1. The van der Waals surface area contributed by atoms with Crippen molar-refractivity contribution < 1.29 is 4.79 Å². The summed E-state index contributed by atoms with van der Waals surface area (Å²) in [4.78, 5) is 11.3. The van der Waals surface area contributed by atoms with Gasteiger partial charge in [-0.15, -0.1) is 0 Å². The van der Waals surface area contributed by atoms with Crippen LogP contribution >= 0.6 is 0 Å². The summed E-state index contributed by atoms with van der Waals surface area (Å²) in [5, 5.41) is 20.5. The fourth-order valence-electron chi connectivity index (χ4n) is 2.59. The molecule has 0 aromatic heterocycles. The Bertz CT molecular complexity index is 542. The number of nitriles is 2. The lowest BCUT2D eigenvalue weighted by Crippen LogP contribution is -2.19. The summed E-state index contributed by atoms with van der Waals surface area (Å²) in [5.41, 5.74) is 1.33. The third kappa shape index (κ3) is 2.74. The highest BCUT2D eigenvalue weighted by Gasteiger charge is 2.35. The van der Waals surface area contributed by atoms with Crippen LogP contribution in [0.2, 0.25) is 0 Å². The van der Waals surface area contributed by atoms with Crippen LogP contribution in [0.25, 0.3) is 0 Å². The predicted octanol–water partition coefficient (Wildman–Crippen LogP) is 2.87. The molecular weight excluding hydrogens is 238 g/mol. The maximum atomic E-state index is 11.3. The van der Waals surface area contributed by atoms with E-state index in [9.17, 15) is 10.1 Å². The first-order valence-corrected chi connectivity index (χ1v) is 6.39. The van der Waals surface area contributed by atoms with Gasteiger partial charge in [-0.3, -0.25) is 4.79 Å². The van der Waals surface area contributed by atoms with E-state index in [1.807, 2.05) is 12.1 Å². The van der Waals surface area contributed by atoms with Gasteiger partial charge in [-0.05, 0) is 30.5 Å². The minimum absolute atomic E-state index is 0.149. The molecule has 1 saturated carbocycles. The van der Waals surface area contributed by atoms with Crippen molar-refractivity contribution in [3.05, 3.63) is 29.8 Å². The van der Waals surface area contributed by atoms with Crippen molar-refractivity contribution in [3.8, 4) is 12.1 Å². The standard InChI is InChI=1S/C15H15N3O/c16-10-7-14(19)18-13-5-3-12(4-6-13)15(11-17)8-1-2-9-15/h3-6H,1-2,7-9H2,(H,18,19). The zero-order valence-electron chi connectivity index (χ0n) is 10.6. The second kappa shape index (κ2) is 5.54. The van der Waals surface area contributed by atoms with Gasteiger partial charge in [0.05, 0.1) is 17.6 Å². The normalized spacial score (nSPS) is 16.3. The van der Waals surface area contributed by atoms with Crippen molar-refractivity contribution in [1.29, 1.82) is 10.5 Å². The van der Waals surface area contributed by atoms with E-state index in [4.69, 9.17) is 5.26 Å². The third-order valence-corrected chi connectivity index (χ3v) is 3.63. The summed E-state index contributed by atoms with van der Waals surface area (Å²) in [7, 11) is 0. The molecule has 1 aliphatic rings. The number of benzene rings is 1. The molecule has 0 spiro atoms. The summed E-state index contributed by atoms with van der Waals surface area (Å²) < 4.78 is 0. The summed E-state index contributed by atoms with van der Waals surface area (Å²) in [6.07, 6.45) is 3.85. The van der Waals surface area contributed by atoms with Crippen LogP contribution < -0.4 is 5.32 Å². The lowest BCUT2D eigenvalue weighted by Gasteiger charge is -2.20. The zero-order chi connectivity index (χ0) is 13.7. The van der Waals surface area contributed by atoms with Crippen molar-refractivity contribution in [2.45, 2.75) is 37.5 Å². The molecule has 1 aromatic carbocycles. The molecule has 4 heteroatoms. The van der Waals surface area contributed by atoms with Gasteiger partial charge >= 0.3 is 0 Å². The molecule has 0 unspecified atom stereocenters. The van der Waals surface area contributed by atoms with E-state index in [2.05, 4.69) is 11.4 Å². The highest BCUT2D eigenvalue weighted by Crippen LogP contribution is 2.40. The molecule has 96 valence electrons. The maximum absolute atomic E-state index is 11.3. The number of nitrogens with one attached hydrogen (secondary N) is 1. The number of carbonyl (C=O) groups excluding carboxylic acids is 1. The molecule has 1 aliphatic carbocycles. The average molecular weight is 253 g/mol. The van der Waals surface area contributed by atoms with E-state index in [-0.39, 0.29) is 17.7 Å². The Kier molecular flexibility index (Phi) is 3.82. The number of anilines is 1. The molecule has 0 aliphatic heterocycles. The second-order valence-corrected chi connectivity index (χ2v) is 4.86. The second-order valence-electron chi connectivity index (χ2n) is 4.86. The fourth-order valence-corrected chi connectivity index (χ4v) is 2.59. The largest absolute Gasteiger partial charge is 0.325 e. The monoisotopic (exact) mass is 253 g/mol. The van der Waals surface area contributed by atoms with E-state index in [1.54, 1.807) is 18.2 Å². The smallest absolute Gasteiger partial charge is 0.238 e. The molecule has 1 amide bonds. The number of hydrogen-bond acceptors (Lipinski definition) is 3. The Morgan fingerprint density at radius 1 is 1.21 bits per heavy atom. The number of amides is 1. The highest BCUT2D eigenvalue weighted by molar-refractivity contribution is 5.92. The van der Waals surface area contributed by atoms with Crippen LogP contribution in [0.1, 0.15) is 37.7 Å². The molecule has 0 radical (unpaired) electrons. The van der Waals surface area contributed by atoms with Crippen molar-refractivity contribution in [2.75, 3.05) is 5.32 Å². The lowest BCUT2D eigenvalue weighted by molar-refractivity contribution is -0.115. The SMILES string of the molecule is N#CCC(=O)Nc1ccc(C2(C#N)CCCC2)cc1. The molecule has 19 heavy (non-hydrogen) atoms. The Hall–Kier alpha value is -2.33. The summed E-state index contributed by atoms with van der Waals surface area (Å²) in [6, 6.07) is 11.6. The van der Waals surface area contributed by atoms with E-state index < -0.39 is 0 Å². The predicted molar refractivity (Wildman–Crippen MR) is 71.1 cm³/mol. The summed E-state index contributed by atoms with van der Waals surface area (Å²) in [6.45, 7) is 0. The average Bonchev–Trinajstić information content (AvgIpc) is 2.90. The van der Waals surface area contributed by atoms with Gasteiger partial charge in [0.1, 0.15) is 6.42 Å². The Morgan fingerprint density at radius 2 is 1.84 bits per heavy atom. The first-order chi connectivity index (χ1) is 9.20. The van der Waals surface area contributed by atoms with Crippen molar-refractivity contribution in [3.63, 3.8) is 0 Å². The van der Waals surface area contributed by atoms with Gasteiger partial charge in [0.2, 0.25) is 5.91 Å². The van der Waals surface area contributed by atoms with Crippen molar-refractivity contribution in [2.24, 2.45) is 0 Å². The fraction of sp³-hybridized carbons (Fsp3) is 0.400. The van der Waals surface area contributed by atoms with Gasteiger partial charge in [-0.25, -0.2) is 0 Å². The molecule has 0 bridgehead atoms. The quantitative estimate of drug-likeness (QED) is 0.899. The van der Waals surface area contributed by atoms with Gasteiger partial charge in [-0.1, -0.05) is 25.0 Å². The van der Waals surface area contributed by atoms with Crippen LogP contribution in [-0.4, -0.2) is 5.91 Å². The first-order valence-electron chi connectivity index (χ1n) is 6.39. The van der Waals surface area contributed by atoms with Gasteiger partial charge in [-0.2, -0.15) is 10.5 Å². The maximum Gasteiger partial charge on any atom is 0.238 e. The van der Waals surface area contributed by atoms with Crippen LogP contribution in [0.5, 0.6) is 0 Å². The third-order valence-electron chi connectivity index (χ3n) is 3.63. The number of nitrogens with zero attached hydrogens (tertiary/aromatic N) is 2. The van der Waals surface area contributed by atoms with Crippen LogP contribution in [0.4, 0.5) is 5.69 Å². The zero-order valence-corrected chi connectivity index (χ0v) is 10.6. The van der Waals surface area contributed by atoms with Gasteiger partial charge < -0.3 is 5.32 Å². The Balaban J connectivity index is 2.13. The van der Waals surface area contributed by atoms with Crippen LogP contribution in [-0.2, 0) is 10.2 Å². The highest BCUT2D eigenvalue weighted by atomic mass is 16.1. The minimum atomic E-state index is -0.352. The number of hydrogen-bond donors (Lipinski definition) is 1. The lowest BCUT2D eigenvalue weighted by atomic mass is 9.80. The van der Waals surface area contributed by atoms with Crippen LogP contribution in [0.15, 0.2) is 24.3 Å². The topological polar surface area (TPSA) is 76.7 Å². The Labute approximate surface area is 112 Å². The molecule has 4 nitrogen and oxygen atoms in total. The molecule has 1 aromatic rings. The van der Waals surface area contributed by atoms with Gasteiger partial charge in [0, 0.05) is 5.69 Å². The Morgan fingerprint density at radius 3 is 2.37 bits per heavy atom. The summed E-state index contributed by atoms with van der Waals surface area (Å²) in [5.74, 6) is -0.314. The number of rotatable bonds is 3. The van der Waals surface area contributed by atoms with Gasteiger partial charge in [0.15, 0.2) is 0 Å². The minimum Gasteiger partial charge on any atom is -0.325 e. The van der Waals surface area contributed by atoms with Crippen LogP contribution in [0, 0.1) is 22.7 Å². The first kappa shape index (κ1) is 13.1. The molecule has 0 heterocycles. The van der Waals surface area contributed by atoms with E-state index in [0.717, 1.165) is 31.2 Å². The molecule has 0 saturated heterocycles. The van der Waals surface area contributed by atoms with E-state index in [0.29, 0.717) is 5.69 Å².